The number of carbonyl (C=O) groups is 1. The van der Waals surface area contributed by atoms with Crippen molar-refractivity contribution < 1.29 is 9.32 Å². The number of hydrogen-bond donors (Lipinski definition) is 2. The van der Waals surface area contributed by atoms with Gasteiger partial charge in [0.1, 0.15) is 0 Å². The molecule has 0 fully saturated rings. The van der Waals surface area contributed by atoms with Crippen LogP contribution in [0.1, 0.15) is 28.7 Å². The third-order valence-corrected chi connectivity index (χ3v) is 3.70. The van der Waals surface area contributed by atoms with E-state index in [4.69, 9.17) is 10.4 Å². The standard InChI is InChI=1S/C15H18N4O2/c1-10-6-11-4-2-3-5-14(11)19(8-10)9-12-7-13(18-21-12)15(20)17-16/h2-5,7,10H,6,8-9,16H2,1H3,(H,17,20). The van der Waals surface area contributed by atoms with Crippen LogP contribution in [-0.2, 0) is 13.0 Å². The fraction of sp³-hybridized carbons (Fsp3) is 0.333. The Kier molecular flexibility index (Phi) is 3.62. The summed E-state index contributed by atoms with van der Waals surface area (Å²) in [6.07, 6.45) is 1.09. The van der Waals surface area contributed by atoms with Gasteiger partial charge in [0.15, 0.2) is 11.5 Å². The predicted octanol–water partition coefficient (Wildman–Crippen LogP) is 1.48. The average molecular weight is 286 g/mol. The lowest BCUT2D eigenvalue weighted by Gasteiger charge is -2.34. The first-order valence-electron chi connectivity index (χ1n) is 6.96. The highest BCUT2D eigenvalue weighted by molar-refractivity contribution is 5.91. The average Bonchev–Trinajstić information content (AvgIpc) is 2.95. The molecule has 0 bridgehead atoms. The molecule has 3 N–H and O–H groups in total. The van der Waals surface area contributed by atoms with Crippen molar-refractivity contribution in [2.24, 2.45) is 11.8 Å². The smallest absolute Gasteiger partial charge is 0.287 e. The Balaban J connectivity index is 1.82. The molecular formula is C15H18N4O2. The minimum atomic E-state index is -0.447. The van der Waals surface area contributed by atoms with E-state index in [9.17, 15) is 4.79 Å². The highest BCUT2D eigenvalue weighted by Crippen LogP contribution is 2.30. The number of amides is 1. The summed E-state index contributed by atoms with van der Waals surface area (Å²) >= 11 is 0. The molecule has 0 spiro atoms. The molecule has 0 saturated heterocycles. The van der Waals surface area contributed by atoms with Crippen LogP contribution >= 0.6 is 0 Å². The van der Waals surface area contributed by atoms with Crippen molar-refractivity contribution in [2.75, 3.05) is 11.4 Å². The molecule has 0 aliphatic carbocycles. The summed E-state index contributed by atoms with van der Waals surface area (Å²) in [6.45, 7) is 3.78. The second kappa shape index (κ2) is 5.57. The van der Waals surface area contributed by atoms with Crippen LogP contribution in [0.3, 0.4) is 0 Å². The highest BCUT2D eigenvalue weighted by atomic mass is 16.5. The van der Waals surface area contributed by atoms with Gasteiger partial charge in [-0.1, -0.05) is 30.3 Å². The third kappa shape index (κ3) is 2.75. The van der Waals surface area contributed by atoms with Gasteiger partial charge in [-0.05, 0) is 24.0 Å². The summed E-state index contributed by atoms with van der Waals surface area (Å²) in [4.78, 5) is 13.7. The van der Waals surface area contributed by atoms with E-state index in [0.717, 1.165) is 13.0 Å². The van der Waals surface area contributed by atoms with Crippen molar-refractivity contribution in [2.45, 2.75) is 19.9 Å². The number of benzene rings is 1. The molecule has 1 aliphatic heterocycles. The van der Waals surface area contributed by atoms with Crippen LogP contribution in [0.5, 0.6) is 0 Å². The Hall–Kier alpha value is -2.34. The van der Waals surface area contributed by atoms with Crippen molar-refractivity contribution in [3.63, 3.8) is 0 Å². The quantitative estimate of drug-likeness (QED) is 0.507. The zero-order chi connectivity index (χ0) is 14.8. The maximum atomic E-state index is 11.4. The van der Waals surface area contributed by atoms with Gasteiger partial charge in [0.2, 0.25) is 0 Å². The first-order valence-corrected chi connectivity index (χ1v) is 6.96. The molecule has 6 heteroatoms. The third-order valence-electron chi connectivity index (χ3n) is 3.70. The Bertz CT molecular complexity index is 653. The fourth-order valence-corrected chi connectivity index (χ4v) is 2.81. The number of anilines is 1. The first-order chi connectivity index (χ1) is 10.2. The molecule has 1 amide bonds. The van der Waals surface area contributed by atoms with Gasteiger partial charge in [-0.3, -0.25) is 10.2 Å². The number of nitrogen functional groups attached to an aromatic ring is 1. The van der Waals surface area contributed by atoms with Gasteiger partial charge in [0.25, 0.3) is 5.91 Å². The number of nitrogens with two attached hydrogens (primary N) is 1. The number of hydrazine groups is 1. The fourth-order valence-electron chi connectivity index (χ4n) is 2.81. The van der Waals surface area contributed by atoms with E-state index in [1.54, 1.807) is 6.07 Å². The van der Waals surface area contributed by atoms with E-state index in [-0.39, 0.29) is 5.69 Å². The monoisotopic (exact) mass is 286 g/mol. The molecule has 1 aromatic heterocycles. The van der Waals surface area contributed by atoms with Crippen LogP contribution in [0.2, 0.25) is 0 Å². The predicted molar refractivity (Wildman–Crippen MR) is 78.5 cm³/mol. The second-order valence-electron chi connectivity index (χ2n) is 5.47. The van der Waals surface area contributed by atoms with E-state index in [0.29, 0.717) is 18.2 Å². The Labute approximate surface area is 122 Å². The molecule has 1 atom stereocenters. The number of carbonyl (C=O) groups excluding carboxylic acids is 1. The summed E-state index contributed by atoms with van der Waals surface area (Å²) in [5.41, 5.74) is 4.81. The normalized spacial score (nSPS) is 17.4. The van der Waals surface area contributed by atoms with Crippen molar-refractivity contribution in [3.05, 3.63) is 47.3 Å². The molecule has 0 saturated carbocycles. The van der Waals surface area contributed by atoms with Crippen molar-refractivity contribution >= 4 is 11.6 Å². The van der Waals surface area contributed by atoms with Crippen LogP contribution in [-0.4, -0.2) is 17.6 Å². The number of aromatic nitrogens is 1. The van der Waals surface area contributed by atoms with Crippen LogP contribution in [0.25, 0.3) is 0 Å². The first kappa shape index (κ1) is 13.6. The minimum absolute atomic E-state index is 0.200. The molecular weight excluding hydrogens is 268 g/mol. The lowest BCUT2D eigenvalue weighted by Crippen LogP contribution is -2.33. The number of rotatable bonds is 3. The molecule has 1 unspecified atom stereocenters. The highest BCUT2D eigenvalue weighted by Gasteiger charge is 2.23. The number of para-hydroxylation sites is 1. The molecule has 2 aromatic rings. The zero-order valence-corrected chi connectivity index (χ0v) is 11.9. The number of fused-ring (bicyclic) bond motifs is 1. The van der Waals surface area contributed by atoms with Gasteiger partial charge in [0, 0.05) is 18.3 Å². The van der Waals surface area contributed by atoms with Crippen LogP contribution < -0.4 is 16.2 Å². The largest absolute Gasteiger partial charge is 0.363 e. The summed E-state index contributed by atoms with van der Waals surface area (Å²) < 4.78 is 5.23. The topological polar surface area (TPSA) is 84.4 Å². The van der Waals surface area contributed by atoms with Gasteiger partial charge < -0.3 is 9.42 Å². The number of nitrogens with one attached hydrogen (secondary N) is 1. The van der Waals surface area contributed by atoms with E-state index in [1.165, 1.54) is 11.3 Å². The van der Waals surface area contributed by atoms with E-state index < -0.39 is 5.91 Å². The van der Waals surface area contributed by atoms with E-state index in [2.05, 4.69) is 35.2 Å². The Morgan fingerprint density at radius 1 is 1.52 bits per heavy atom. The molecule has 21 heavy (non-hydrogen) atoms. The number of nitrogens with zero attached hydrogens (tertiary/aromatic N) is 2. The van der Waals surface area contributed by atoms with Crippen molar-refractivity contribution in [3.8, 4) is 0 Å². The minimum Gasteiger partial charge on any atom is -0.363 e. The van der Waals surface area contributed by atoms with Gasteiger partial charge in [-0.25, -0.2) is 5.84 Å². The maximum absolute atomic E-state index is 11.4. The summed E-state index contributed by atoms with van der Waals surface area (Å²) in [6, 6.07) is 10.0. The molecule has 3 rings (SSSR count). The zero-order valence-electron chi connectivity index (χ0n) is 11.9. The SMILES string of the molecule is CC1Cc2ccccc2N(Cc2cc(C(=O)NN)no2)C1. The molecule has 6 nitrogen and oxygen atoms in total. The van der Waals surface area contributed by atoms with E-state index in [1.807, 2.05) is 11.5 Å². The van der Waals surface area contributed by atoms with Gasteiger partial charge in [-0.15, -0.1) is 0 Å². The lowest BCUT2D eigenvalue weighted by atomic mass is 9.94. The number of hydrogen-bond acceptors (Lipinski definition) is 5. The molecule has 0 radical (unpaired) electrons. The molecule has 1 aromatic carbocycles. The van der Waals surface area contributed by atoms with Crippen LogP contribution in [0, 0.1) is 5.92 Å². The molecule has 110 valence electrons. The van der Waals surface area contributed by atoms with Gasteiger partial charge >= 0.3 is 0 Å². The van der Waals surface area contributed by atoms with Crippen LogP contribution in [0.4, 0.5) is 5.69 Å². The van der Waals surface area contributed by atoms with Gasteiger partial charge in [0.05, 0.1) is 6.54 Å². The summed E-state index contributed by atoms with van der Waals surface area (Å²) in [7, 11) is 0. The van der Waals surface area contributed by atoms with Crippen molar-refractivity contribution in [1.82, 2.24) is 10.6 Å². The molecule has 2 heterocycles. The molecule has 1 aliphatic rings. The van der Waals surface area contributed by atoms with Crippen LogP contribution in [0.15, 0.2) is 34.9 Å². The lowest BCUT2D eigenvalue weighted by molar-refractivity contribution is 0.0944. The second-order valence-corrected chi connectivity index (χ2v) is 5.47. The summed E-state index contributed by atoms with van der Waals surface area (Å²) in [5.74, 6) is 5.87. The summed E-state index contributed by atoms with van der Waals surface area (Å²) in [5, 5.41) is 3.73. The van der Waals surface area contributed by atoms with Gasteiger partial charge in [-0.2, -0.15) is 0 Å². The Morgan fingerprint density at radius 3 is 3.14 bits per heavy atom. The van der Waals surface area contributed by atoms with E-state index >= 15 is 0 Å². The Morgan fingerprint density at radius 2 is 2.33 bits per heavy atom. The van der Waals surface area contributed by atoms with Crippen molar-refractivity contribution in [1.29, 1.82) is 0 Å². The maximum Gasteiger partial charge on any atom is 0.287 e.